The molecule has 57 heavy (non-hydrogen) atoms. The maximum Gasteiger partial charge on any atom is 0.573 e. The van der Waals surface area contributed by atoms with Crippen molar-refractivity contribution in [1.82, 2.24) is 4.90 Å². The zero-order valence-electron chi connectivity index (χ0n) is 33.5. The third-order valence-electron chi connectivity index (χ3n) is 12.9. The zero-order valence-corrected chi connectivity index (χ0v) is 33.5. The van der Waals surface area contributed by atoms with E-state index in [-0.39, 0.29) is 49.6 Å². The summed E-state index contributed by atoms with van der Waals surface area (Å²) in [6.45, 7) is 5.21. The van der Waals surface area contributed by atoms with Crippen molar-refractivity contribution in [3.8, 4) is 5.75 Å². The summed E-state index contributed by atoms with van der Waals surface area (Å²) in [6, 6.07) is 21.5. The lowest BCUT2D eigenvalue weighted by atomic mass is 9.64. The van der Waals surface area contributed by atoms with Gasteiger partial charge in [0.05, 0.1) is 31.0 Å². The van der Waals surface area contributed by atoms with Crippen LogP contribution < -0.4 is 4.74 Å². The molecule has 3 N–H and O–H groups in total. The first-order valence-electron chi connectivity index (χ1n) is 20.8. The second-order valence-corrected chi connectivity index (χ2v) is 17.2. The number of carbonyl (C=O) groups excluding carboxylic acids is 1. The molecule has 310 valence electrons. The summed E-state index contributed by atoms with van der Waals surface area (Å²) in [4.78, 5) is 16.4. The molecule has 4 aliphatic carbocycles. The number of hydrogen-bond acceptors (Lipinski definition) is 7. The number of fused-ring (bicyclic) bond motifs is 8. The van der Waals surface area contributed by atoms with Gasteiger partial charge in [-0.2, -0.15) is 0 Å². The van der Waals surface area contributed by atoms with Gasteiger partial charge in [0.25, 0.3) is 0 Å². The minimum absolute atomic E-state index is 0.0392. The van der Waals surface area contributed by atoms with Crippen LogP contribution in [-0.4, -0.2) is 69.9 Å². The van der Waals surface area contributed by atoms with E-state index >= 15 is 0 Å². The topological polar surface area (TPSA) is 99.5 Å². The molecule has 7 nitrogen and oxygen atoms in total. The fourth-order valence-corrected chi connectivity index (χ4v) is 9.65. The van der Waals surface area contributed by atoms with Gasteiger partial charge in [-0.05, 0) is 111 Å². The van der Waals surface area contributed by atoms with Crippen molar-refractivity contribution in [3.05, 3.63) is 112 Å². The van der Waals surface area contributed by atoms with E-state index < -0.39 is 29.6 Å². The number of rotatable bonds is 13. The SMILES string of the molecule is CC1=CCC[C@@]2(C)[C@@H](CC[C@@]2(O)CN(Cc2ccc(OC(F)(F)F)cc2)C[C@@H](O)COCc2ccccc2)c2ccc(cc2C(=O)C2CCCCC2)C[C@@H](O)CC1. The molecule has 2 fully saturated rings. The Hall–Kier alpha value is -3.54. The van der Waals surface area contributed by atoms with Gasteiger partial charge >= 0.3 is 6.36 Å². The molecule has 0 aromatic heterocycles. The smallest absolute Gasteiger partial charge is 0.406 e. The molecule has 3 aromatic carbocycles. The van der Waals surface area contributed by atoms with Gasteiger partial charge in [-0.3, -0.25) is 9.69 Å². The van der Waals surface area contributed by atoms with Crippen LogP contribution in [0.25, 0.3) is 0 Å². The monoisotopic (exact) mass is 791 g/mol. The summed E-state index contributed by atoms with van der Waals surface area (Å²) in [7, 11) is 0. The van der Waals surface area contributed by atoms with Crippen molar-refractivity contribution in [3.63, 3.8) is 0 Å². The number of allylic oxidation sites excluding steroid dienone is 2. The number of carbonyl (C=O) groups is 1. The van der Waals surface area contributed by atoms with Gasteiger partial charge in [-0.25, -0.2) is 0 Å². The molecule has 0 spiro atoms. The van der Waals surface area contributed by atoms with E-state index in [2.05, 4.69) is 30.7 Å². The molecule has 0 radical (unpaired) electrons. The Morgan fingerprint density at radius 2 is 1.68 bits per heavy atom. The molecule has 0 aliphatic heterocycles. The summed E-state index contributed by atoms with van der Waals surface area (Å²) in [6.07, 6.45) is 5.25. The highest BCUT2D eigenvalue weighted by Crippen LogP contribution is 2.59. The first-order chi connectivity index (χ1) is 27.2. The van der Waals surface area contributed by atoms with Crippen LogP contribution in [0.4, 0.5) is 13.2 Å². The van der Waals surface area contributed by atoms with Crippen LogP contribution >= 0.6 is 0 Å². The molecule has 0 saturated heterocycles. The van der Waals surface area contributed by atoms with Crippen molar-refractivity contribution in [2.24, 2.45) is 11.3 Å². The number of benzene rings is 3. The highest BCUT2D eigenvalue weighted by atomic mass is 19.4. The van der Waals surface area contributed by atoms with E-state index in [9.17, 15) is 33.3 Å². The largest absolute Gasteiger partial charge is 0.573 e. The lowest BCUT2D eigenvalue weighted by Gasteiger charge is -2.46. The van der Waals surface area contributed by atoms with Crippen molar-refractivity contribution in [1.29, 1.82) is 0 Å². The van der Waals surface area contributed by atoms with Gasteiger partial charge in [0.1, 0.15) is 5.75 Å². The fraction of sp³-hybridized carbons (Fsp3) is 0.553. The first-order valence-corrected chi connectivity index (χ1v) is 20.8. The number of nitrogens with zero attached hydrogens (tertiary/aromatic N) is 1. The lowest BCUT2D eigenvalue weighted by molar-refractivity contribution is -0.274. The summed E-state index contributed by atoms with van der Waals surface area (Å²) >= 11 is 0. The van der Waals surface area contributed by atoms with Crippen LogP contribution in [0.2, 0.25) is 0 Å². The molecule has 0 unspecified atom stereocenters. The Morgan fingerprint density at radius 3 is 2.40 bits per heavy atom. The highest BCUT2D eigenvalue weighted by Gasteiger charge is 2.57. The van der Waals surface area contributed by atoms with Crippen LogP contribution in [0.5, 0.6) is 5.75 Å². The normalized spacial score (nSPS) is 25.5. The summed E-state index contributed by atoms with van der Waals surface area (Å²) < 4.78 is 48.8. The molecule has 4 aliphatic rings. The van der Waals surface area contributed by atoms with E-state index in [0.717, 1.165) is 60.8 Å². The number of hydrogen-bond donors (Lipinski definition) is 3. The Bertz CT molecular complexity index is 1790. The van der Waals surface area contributed by atoms with E-state index in [1.807, 2.05) is 47.4 Å². The number of Topliss-reactive ketones (excluding diaryl/α,β-unsaturated/α-hetero) is 1. The van der Waals surface area contributed by atoms with Gasteiger partial charge < -0.3 is 24.8 Å². The Kier molecular flexibility index (Phi) is 14.4. The van der Waals surface area contributed by atoms with Crippen LogP contribution in [0.3, 0.4) is 0 Å². The van der Waals surface area contributed by atoms with E-state index in [0.29, 0.717) is 50.7 Å². The molecule has 10 heteroatoms. The predicted octanol–water partition coefficient (Wildman–Crippen LogP) is 9.47. The van der Waals surface area contributed by atoms with Gasteiger partial charge in [0.2, 0.25) is 0 Å². The van der Waals surface area contributed by atoms with Crippen molar-refractivity contribution in [2.75, 3.05) is 19.7 Å². The number of halogens is 3. The van der Waals surface area contributed by atoms with Gasteiger partial charge in [0.15, 0.2) is 5.78 Å². The van der Waals surface area contributed by atoms with E-state index in [4.69, 9.17) is 4.74 Å². The van der Waals surface area contributed by atoms with Crippen molar-refractivity contribution < 1.29 is 42.8 Å². The summed E-state index contributed by atoms with van der Waals surface area (Å²) in [5.41, 5.74) is 3.56. The summed E-state index contributed by atoms with van der Waals surface area (Å²) in [5, 5.41) is 35.4. The average molecular weight is 792 g/mol. The van der Waals surface area contributed by atoms with E-state index in [1.165, 1.54) is 17.7 Å². The molecule has 3 aromatic rings. The molecule has 0 amide bonds. The third kappa shape index (κ3) is 11.4. The van der Waals surface area contributed by atoms with Crippen LogP contribution in [0.1, 0.15) is 123 Å². The Labute approximate surface area is 335 Å². The first kappa shape index (κ1) is 43.0. The Balaban J connectivity index is 1.32. The minimum atomic E-state index is -4.81. The predicted molar refractivity (Wildman–Crippen MR) is 215 cm³/mol. The zero-order chi connectivity index (χ0) is 40.6. The standard InChI is InChI=1S/C47H60F3NO6/c1-33-10-9-24-45(2)43(41-22-18-36(26-38(52)19-15-33)27-42(41)44(54)37-13-7-4-8-14-37)23-25-46(45,55)32-51(28-34-16-20-40(21-17-34)57-47(48,49)50)29-39(53)31-56-30-35-11-5-3-6-12-35/h3,5-6,10-12,16-18,20-22,27,37-39,43,52-53,55H,4,7-9,13-15,19,23-26,28-32H2,1-2H3/t38-,39+,43-,45-,46+/m0/s1. The fourth-order valence-electron chi connectivity index (χ4n) is 9.65. The van der Waals surface area contributed by atoms with Crippen LogP contribution in [0.15, 0.2) is 84.4 Å². The molecular formula is C47H60F3NO6. The maximum atomic E-state index is 14.5. The minimum Gasteiger partial charge on any atom is -0.406 e. The highest BCUT2D eigenvalue weighted by molar-refractivity contribution is 5.99. The van der Waals surface area contributed by atoms with Gasteiger partial charge in [-0.15, -0.1) is 13.2 Å². The van der Waals surface area contributed by atoms with E-state index in [1.54, 1.807) is 12.1 Å². The molecule has 0 heterocycles. The average Bonchev–Trinajstić information content (AvgIpc) is 3.42. The number of aliphatic hydroxyl groups is 3. The molecule has 7 rings (SSSR count). The second-order valence-electron chi connectivity index (χ2n) is 17.2. The van der Waals surface area contributed by atoms with Crippen LogP contribution in [0, 0.1) is 11.3 Å². The number of alkyl halides is 3. The molecule has 2 saturated carbocycles. The second kappa shape index (κ2) is 19.0. The summed E-state index contributed by atoms with van der Waals surface area (Å²) in [5.74, 6) is -0.331. The molecule has 5 atom stereocenters. The lowest BCUT2D eigenvalue weighted by Crippen LogP contribution is -2.53. The number of ketones is 1. The quantitative estimate of drug-likeness (QED) is 0.117. The Morgan fingerprint density at radius 1 is 0.947 bits per heavy atom. The van der Waals surface area contributed by atoms with Crippen molar-refractivity contribution >= 4 is 5.78 Å². The van der Waals surface area contributed by atoms with Crippen molar-refractivity contribution in [2.45, 2.75) is 134 Å². The maximum absolute atomic E-state index is 14.5. The molecular weight excluding hydrogens is 732 g/mol. The van der Waals surface area contributed by atoms with Gasteiger partial charge in [-0.1, -0.05) is 92.4 Å². The van der Waals surface area contributed by atoms with Crippen LogP contribution in [-0.2, 0) is 24.3 Å². The third-order valence-corrected chi connectivity index (χ3v) is 12.9. The van der Waals surface area contributed by atoms with Gasteiger partial charge in [0, 0.05) is 36.5 Å². The molecule has 2 bridgehead atoms. The number of ether oxygens (including phenoxy) is 2. The number of aliphatic hydroxyl groups excluding tert-OH is 2.